The van der Waals surface area contributed by atoms with Crippen molar-refractivity contribution in [2.24, 2.45) is 0 Å². The molecule has 0 fully saturated rings. The average Bonchev–Trinajstić information content (AvgIpc) is 3.36. The molecular weight excluding hydrogens is 481 g/mol. The first kappa shape index (κ1) is 24.7. The van der Waals surface area contributed by atoms with Gasteiger partial charge in [0.1, 0.15) is 6.10 Å². The van der Waals surface area contributed by atoms with Gasteiger partial charge in [0, 0.05) is 39.8 Å². The number of halogens is 2. The number of rotatable bonds is 9. The summed E-state index contributed by atoms with van der Waals surface area (Å²) in [4.78, 5) is 16.4. The third kappa shape index (κ3) is 7.06. The lowest BCUT2D eigenvalue weighted by Crippen LogP contribution is -2.12. The molecule has 0 bridgehead atoms. The molecule has 1 atom stereocenters. The standard InChI is InChI=1S/C28H25Cl2N3O2/c1-20-4-2-3-5-26(20)32-28(34)13-10-21-6-8-22(9-7-21)18-35-27(17-33-15-14-31-19-33)24-12-11-23(29)16-25(24)30/h2-16,19,27H,17-18H2,1H3,(H,32,34)/b13-10+. The van der Waals surface area contributed by atoms with Gasteiger partial charge in [-0.25, -0.2) is 4.98 Å². The van der Waals surface area contributed by atoms with E-state index in [9.17, 15) is 4.79 Å². The van der Waals surface area contributed by atoms with Crippen molar-refractivity contribution in [2.75, 3.05) is 5.32 Å². The van der Waals surface area contributed by atoms with Crippen LogP contribution in [0.15, 0.2) is 91.5 Å². The van der Waals surface area contributed by atoms with Gasteiger partial charge in [-0.3, -0.25) is 4.79 Å². The fourth-order valence-electron chi connectivity index (χ4n) is 3.57. The number of imidazole rings is 1. The zero-order valence-corrected chi connectivity index (χ0v) is 20.7. The normalized spacial score (nSPS) is 12.1. The lowest BCUT2D eigenvalue weighted by molar-refractivity contribution is -0.111. The number of amides is 1. The Hall–Kier alpha value is -3.38. The number of benzene rings is 3. The van der Waals surface area contributed by atoms with Crippen molar-refractivity contribution >= 4 is 40.9 Å². The van der Waals surface area contributed by atoms with Crippen LogP contribution in [0.25, 0.3) is 6.08 Å². The van der Waals surface area contributed by atoms with Crippen LogP contribution in [0, 0.1) is 6.92 Å². The monoisotopic (exact) mass is 505 g/mol. The first-order valence-electron chi connectivity index (χ1n) is 11.1. The molecule has 1 amide bonds. The maximum absolute atomic E-state index is 12.3. The molecule has 0 aliphatic rings. The van der Waals surface area contributed by atoms with Crippen LogP contribution in [0.4, 0.5) is 5.69 Å². The van der Waals surface area contributed by atoms with Gasteiger partial charge in [0.2, 0.25) is 5.91 Å². The molecule has 1 unspecified atom stereocenters. The van der Waals surface area contributed by atoms with Gasteiger partial charge in [0.25, 0.3) is 0 Å². The van der Waals surface area contributed by atoms with Crippen LogP contribution < -0.4 is 5.32 Å². The minimum absolute atomic E-state index is 0.172. The Bertz CT molecular complexity index is 1300. The maximum atomic E-state index is 12.3. The van der Waals surface area contributed by atoms with Gasteiger partial charge in [-0.2, -0.15) is 0 Å². The molecule has 7 heteroatoms. The highest BCUT2D eigenvalue weighted by Gasteiger charge is 2.17. The molecule has 0 spiro atoms. The zero-order chi connectivity index (χ0) is 24.6. The van der Waals surface area contributed by atoms with Gasteiger partial charge in [-0.05, 0) is 47.9 Å². The van der Waals surface area contributed by atoms with Crippen molar-refractivity contribution in [3.63, 3.8) is 0 Å². The van der Waals surface area contributed by atoms with Crippen molar-refractivity contribution in [2.45, 2.75) is 26.2 Å². The molecule has 178 valence electrons. The van der Waals surface area contributed by atoms with Crippen molar-refractivity contribution in [1.29, 1.82) is 0 Å². The Morgan fingerprint density at radius 3 is 2.63 bits per heavy atom. The Kier molecular flexibility index (Phi) is 8.37. The molecule has 0 aliphatic carbocycles. The van der Waals surface area contributed by atoms with Gasteiger partial charge < -0.3 is 14.6 Å². The van der Waals surface area contributed by atoms with Gasteiger partial charge in [0.15, 0.2) is 0 Å². The summed E-state index contributed by atoms with van der Waals surface area (Å²) < 4.78 is 8.22. The van der Waals surface area contributed by atoms with E-state index < -0.39 is 0 Å². The van der Waals surface area contributed by atoms with E-state index in [2.05, 4.69) is 10.3 Å². The zero-order valence-electron chi connectivity index (χ0n) is 19.2. The van der Waals surface area contributed by atoms with Crippen LogP contribution in [0.3, 0.4) is 0 Å². The van der Waals surface area contributed by atoms with Crippen molar-refractivity contribution in [3.8, 4) is 0 Å². The first-order valence-corrected chi connectivity index (χ1v) is 11.9. The third-order valence-electron chi connectivity index (χ3n) is 5.51. The van der Waals surface area contributed by atoms with E-state index in [4.69, 9.17) is 27.9 Å². The van der Waals surface area contributed by atoms with Crippen LogP contribution in [0.5, 0.6) is 0 Å². The van der Waals surface area contributed by atoms with Crippen LogP contribution in [-0.4, -0.2) is 15.5 Å². The van der Waals surface area contributed by atoms with E-state index in [0.717, 1.165) is 27.9 Å². The number of carbonyl (C=O) groups is 1. The van der Waals surface area contributed by atoms with E-state index in [1.807, 2.05) is 78.4 Å². The summed E-state index contributed by atoms with van der Waals surface area (Å²) in [7, 11) is 0. The molecule has 0 saturated carbocycles. The molecule has 5 nitrogen and oxygen atoms in total. The highest BCUT2D eigenvalue weighted by Crippen LogP contribution is 2.30. The number of anilines is 1. The Balaban J connectivity index is 1.38. The van der Waals surface area contributed by atoms with Crippen molar-refractivity contribution < 1.29 is 9.53 Å². The van der Waals surface area contributed by atoms with Crippen molar-refractivity contribution in [3.05, 3.63) is 124 Å². The van der Waals surface area contributed by atoms with Crippen LogP contribution in [-0.2, 0) is 22.7 Å². The number of hydrogen-bond acceptors (Lipinski definition) is 3. The second-order valence-corrected chi connectivity index (χ2v) is 8.95. The molecule has 0 radical (unpaired) electrons. The van der Waals surface area contributed by atoms with Gasteiger partial charge in [-0.15, -0.1) is 0 Å². The number of carbonyl (C=O) groups excluding carboxylic acids is 1. The molecule has 1 heterocycles. The second-order valence-electron chi connectivity index (χ2n) is 8.10. The summed E-state index contributed by atoms with van der Waals surface area (Å²) in [5.41, 5.74) is 4.62. The predicted octanol–water partition coefficient (Wildman–Crippen LogP) is 7.11. The number of ether oxygens (including phenoxy) is 1. The second kappa shape index (κ2) is 11.8. The molecule has 0 saturated heterocycles. The fraction of sp³-hybridized carbons (Fsp3) is 0.143. The molecular formula is C28H25Cl2N3O2. The molecule has 4 rings (SSSR count). The Morgan fingerprint density at radius 2 is 1.91 bits per heavy atom. The van der Waals surface area contributed by atoms with E-state index in [1.165, 1.54) is 6.08 Å². The Morgan fingerprint density at radius 1 is 1.11 bits per heavy atom. The van der Waals surface area contributed by atoms with E-state index in [-0.39, 0.29) is 12.0 Å². The first-order chi connectivity index (χ1) is 17.0. The molecule has 1 N–H and O–H groups in total. The summed E-state index contributed by atoms with van der Waals surface area (Å²) in [5.74, 6) is -0.172. The number of para-hydroxylation sites is 1. The van der Waals surface area contributed by atoms with Gasteiger partial charge in [0.05, 0.1) is 19.5 Å². The topological polar surface area (TPSA) is 56.1 Å². The lowest BCUT2D eigenvalue weighted by Gasteiger charge is -2.20. The highest BCUT2D eigenvalue weighted by atomic mass is 35.5. The minimum atomic E-state index is -0.279. The summed E-state index contributed by atoms with van der Waals surface area (Å²) in [5, 5.41) is 4.04. The SMILES string of the molecule is Cc1ccccc1NC(=O)/C=C/c1ccc(COC(Cn2ccnc2)c2ccc(Cl)cc2Cl)cc1. The number of nitrogens with zero attached hydrogens (tertiary/aromatic N) is 2. The lowest BCUT2D eigenvalue weighted by atomic mass is 10.1. The van der Waals surface area contributed by atoms with Crippen LogP contribution >= 0.6 is 23.2 Å². The number of aromatic nitrogens is 2. The summed E-state index contributed by atoms with van der Waals surface area (Å²) in [6, 6.07) is 21.0. The summed E-state index contributed by atoms with van der Waals surface area (Å²) in [6.07, 6.45) is 8.40. The smallest absolute Gasteiger partial charge is 0.248 e. The van der Waals surface area contributed by atoms with Crippen LogP contribution in [0.2, 0.25) is 10.0 Å². The van der Waals surface area contributed by atoms with E-state index >= 15 is 0 Å². The number of hydrogen-bond donors (Lipinski definition) is 1. The third-order valence-corrected chi connectivity index (χ3v) is 6.07. The quantitative estimate of drug-likeness (QED) is 0.246. The van der Waals surface area contributed by atoms with Crippen LogP contribution in [0.1, 0.15) is 28.4 Å². The number of nitrogens with one attached hydrogen (secondary N) is 1. The highest BCUT2D eigenvalue weighted by molar-refractivity contribution is 6.35. The molecule has 3 aromatic carbocycles. The van der Waals surface area contributed by atoms with Gasteiger partial charge >= 0.3 is 0 Å². The van der Waals surface area contributed by atoms with E-state index in [0.29, 0.717) is 23.2 Å². The Labute approximate surface area is 215 Å². The largest absolute Gasteiger partial charge is 0.367 e. The molecule has 1 aromatic heterocycles. The minimum Gasteiger partial charge on any atom is -0.367 e. The molecule has 35 heavy (non-hydrogen) atoms. The predicted molar refractivity (Wildman–Crippen MR) is 142 cm³/mol. The summed E-state index contributed by atoms with van der Waals surface area (Å²) in [6.45, 7) is 2.93. The molecule has 4 aromatic rings. The maximum Gasteiger partial charge on any atom is 0.248 e. The molecule has 0 aliphatic heterocycles. The van der Waals surface area contributed by atoms with Gasteiger partial charge in [-0.1, -0.05) is 71.7 Å². The van der Waals surface area contributed by atoms with Crippen molar-refractivity contribution in [1.82, 2.24) is 9.55 Å². The number of aryl methyl sites for hydroxylation is 1. The fourth-order valence-corrected chi connectivity index (χ4v) is 4.10. The van der Waals surface area contributed by atoms with E-state index in [1.54, 1.807) is 24.7 Å². The summed E-state index contributed by atoms with van der Waals surface area (Å²) >= 11 is 12.5. The average molecular weight is 506 g/mol.